The molecule has 16 heavy (non-hydrogen) atoms. The van der Waals surface area contributed by atoms with Crippen molar-refractivity contribution in [1.82, 2.24) is 4.98 Å². The number of nitrogens with two attached hydrogens (primary N) is 1. The lowest BCUT2D eigenvalue weighted by atomic mass is 10.1. The van der Waals surface area contributed by atoms with Crippen LogP contribution in [0.4, 0.5) is 0 Å². The molecule has 0 spiro atoms. The first kappa shape index (κ1) is 11.4. The van der Waals surface area contributed by atoms with Crippen molar-refractivity contribution in [2.75, 3.05) is 0 Å². The number of aromatic nitrogens is 1. The smallest absolute Gasteiger partial charge is 0.121 e. The van der Waals surface area contributed by atoms with Crippen LogP contribution in [0, 0.1) is 6.92 Å². The van der Waals surface area contributed by atoms with Crippen LogP contribution in [-0.2, 0) is 6.42 Å². The van der Waals surface area contributed by atoms with Gasteiger partial charge in [0.2, 0.25) is 0 Å². The lowest BCUT2D eigenvalue weighted by molar-refractivity contribution is 0.444. The fourth-order valence-electron chi connectivity index (χ4n) is 1.57. The first-order valence-corrected chi connectivity index (χ1v) is 5.86. The summed E-state index contributed by atoms with van der Waals surface area (Å²) in [6.07, 6.45) is 4.30. The van der Waals surface area contributed by atoms with Crippen LogP contribution in [0.2, 0.25) is 0 Å². The number of hydrogen-bond donors (Lipinski definition) is 1. The predicted molar refractivity (Wildman–Crippen MR) is 66.0 cm³/mol. The van der Waals surface area contributed by atoms with E-state index in [1.807, 2.05) is 31.3 Å². The Hall–Kier alpha value is -1.13. The average Bonchev–Trinajstić information content (AvgIpc) is 2.65. The van der Waals surface area contributed by atoms with Crippen LogP contribution in [0.3, 0.4) is 0 Å². The minimum absolute atomic E-state index is 0.121. The zero-order chi connectivity index (χ0) is 11.5. The van der Waals surface area contributed by atoms with Crippen LogP contribution in [0.25, 0.3) is 0 Å². The Morgan fingerprint density at radius 3 is 2.88 bits per heavy atom. The van der Waals surface area contributed by atoms with Crippen LogP contribution in [0.15, 0.2) is 39.5 Å². The van der Waals surface area contributed by atoms with Gasteiger partial charge in [-0.1, -0.05) is 0 Å². The van der Waals surface area contributed by atoms with Crippen molar-refractivity contribution in [3.8, 4) is 0 Å². The Balaban J connectivity index is 2.10. The van der Waals surface area contributed by atoms with Gasteiger partial charge in [-0.3, -0.25) is 4.98 Å². The van der Waals surface area contributed by atoms with Gasteiger partial charge in [-0.2, -0.15) is 0 Å². The van der Waals surface area contributed by atoms with Crippen LogP contribution >= 0.6 is 15.9 Å². The molecule has 1 unspecified atom stereocenters. The summed E-state index contributed by atoms with van der Waals surface area (Å²) in [5.41, 5.74) is 7.15. The third-order valence-electron chi connectivity index (χ3n) is 2.34. The highest BCUT2D eigenvalue weighted by atomic mass is 79.9. The predicted octanol–water partition coefficient (Wildman–Crippen LogP) is 2.99. The molecule has 0 aliphatic rings. The molecule has 0 aromatic carbocycles. The number of furan rings is 1. The highest BCUT2D eigenvalue weighted by Gasteiger charge is 2.11. The van der Waals surface area contributed by atoms with Crippen molar-refractivity contribution in [2.24, 2.45) is 5.73 Å². The van der Waals surface area contributed by atoms with E-state index in [1.54, 1.807) is 6.20 Å². The fraction of sp³-hybridized carbons (Fsp3) is 0.250. The van der Waals surface area contributed by atoms with Gasteiger partial charge in [0.25, 0.3) is 0 Å². The molecule has 84 valence electrons. The van der Waals surface area contributed by atoms with Gasteiger partial charge in [0, 0.05) is 16.9 Å². The number of aryl methyl sites for hydroxylation is 1. The van der Waals surface area contributed by atoms with Gasteiger partial charge in [0.15, 0.2) is 0 Å². The zero-order valence-electron chi connectivity index (χ0n) is 8.98. The molecular formula is C12H13BrN2O. The van der Waals surface area contributed by atoms with Gasteiger partial charge in [-0.05, 0) is 53.0 Å². The third-order valence-corrected chi connectivity index (χ3v) is 2.78. The number of halogens is 1. The van der Waals surface area contributed by atoms with E-state index in [2.05, 4.69) is 20.9 Å². The highest BCUT2D eigenvalue weighted by molar-refractivity contribution is 9.10. The summed E-state index contributed by atoms with van der Waals surface area (Å²) in [7, 11) is 0. The van der Waals surface area contributed by atoms with Gasteiger partial charge < -0.3 is 10.2 Å². The maximum absolute atomic E-state index is 6.05. The molecule has 0 radical (unpaired) electrons. The number of nitrogens with zero attached hydrogens (tertiary/aromatic N) is 1. The molecule has 0 saturated heterocycles. The second kappa shape index (κ2) is 4.80. The van der Waals surface area contributed by atoms with E-state index >= 15 is 0 Å². The van der Waals surface area contributed by atoms with E-state index in [0.29, 0.717) is 0 Å². The summed E-state index contributed by atoms with van der Waals surface area (Å²) in [5, 5.41) is 0. The van der Waals surface area contributed by atoms with Crippen molar-refractivity contribution in [3.05, 3.63) is 52.1 Å². The second-order valence-electron chi connectivity index (χ2n) is 3.77. The van der Waals surface area contributed by atoms with Crippen molar-refractivity contribution >= 4 is 15.9 Å². The quantitative estimate of drug-likeness (QED) is 0.941. The summed E-state index contributed by atoms with van der Waals surface area (Å²) in [5.74, 6) is 1.70. The highest BCUT2D eigenvalue weighted by Crippen LogP contribution is 2.19. The van der Waals surface area contributed by atoms with Crippen LogP contribution < -0.4 is 5.73 Å². The monoisotopic (exact) mass is 280 g/mol. The molecule has 2 aromatic rings. The van der Waals surface area contributed by atoms with Crippen LogP contribution in [-0.4, -0.2) is 4.98 Å². The molecule has 0 aliphatic heterocycles. The molecule has 2 aromatic heterocycles. The minimum Gasteiger partial charge on any atom is -0.465 e. The average molecular weight is 281 g/mol. The summed E-state index contributed by atoms with van der Waals surface area (Å²) in [6.45, 7) is 1.91. The number of rotatable bonds is 3. The molecule has 2 heterocycles. The van der Waals surface area contributed by atoms with Crippen LogP contribution in [0.1, 0.15) is 23.1 Å². The Labute approximate surface area is 103 Å². The molecule has 0 fully saturated rings. The fourth-order valence-corrected chi connectivity index (χ4v) is 1.99. The minimum atomic E-state index is -0.121. The molecule has 3 nitrogen and oxygen atoms in total. The van der Waals surface area contributed by atoms with E-state index in [1.165, 1.54) is 0 Å². The maximum atomic E-state index is 6.05. The zero-order valence-corrected chi connectivity index (χ0v) is 10.6. The molecule has 1 atom stereocenters. The molecule has 2 rings (SSSR count). The van der Waals surface area contributed by atoms with E-state index in [0.717, 1.165) is 28.0 Å². The topological polar surface area (TPSA) is 52.0 Å². The molecular weight excluding hydrogens is 268 g/mol. The Bertz CT molecular complexity index is 481. The van der Waals surface area contributed by atoms with Crippen molar-refractivity contribution in [1.29, 1.82) is 0 Å². The van der Waals surface area contributed by atoms with E-state index in [-0.39, 0.29) is 6.04 Å². The number of hydrogen-bond acceptors (Lipinski definition) is 3. The lowest BCUT2D eigenvalue weighted by Crippen LogP contribution is -2.12. The standard InChI is InChI=1S/C12H13BrN2O/c1-8-2-3-12(16-8)11(14)5-9-4-10(13)7-15-6-9/h2-4,6-7,11H,5,14H2,1H3. The first-order chi connectivity index (χ1) is 7.65. The molecule has 0 aliphatic carbocycles. The molecule has 4 heteroatoms. The van der Waals surface area contributed by atoms with Gasteiger partial charge in [0.05, 0.1) is 6.04 Å². The molecule has 0 amide bonds. The third kappa shape index (κ3) is 2.71. The Morgan fingerprint density at radius 1 is 1.44 bits per heavy atom. The Morgan fingerprint density at radius 2 is 2.25 bits per heavy atom. The van der Waals surface area contributed by atoms with E-state index in [4.69, 9.17) is 10.2 Å². The number of pyridine rings is 1. The molecule has 0 bridgehead atoms. The summed E-state index contributed by atoms with van der Waals surface area (Å²) < 4.78 is 6.46. The van der Waals surface area contributed by atoms with Gasteiger partial charge in [-0.15, -0.1) is 0 Å². The van der Waals surface area contributed by atoms with Crippen LogP contribution in [0.5, 0.6) is 0 Å². The van der Waals surface area contributed by atoms with Gasteiger partial charge in [-0.25, -0.2) is 0 Å². The first-order valence-electron chi connectivity index (χ1n) is 5.06. The second-order valence-corrected chi connectivity index (χ2v) is 4.69. The van der Waals surface area contributed by atoms with Crippen molar-refractivity contribution in [2.45, 2.75) is 19.4 Å². The van der Waals surface area contributed by atoms with Crippen molar-refractivity contribution in [3.63, 3.8) is 0 Å². The van der Waals surface area contributed by atoms with E-state index < -0.39 is 0 Å². The lowest BCUT2D eigenvalue weighted by Gasteiger charge is -2.08. The SMILES string of the molecule is Cc1ccc(C(N)Cc2cncc(Br)c2)o1. The Kier molecular flexibility index (Phi) is 3.41. The normalized spacial score (nSPS) is 12.7. The summed E-state index contributed by atoms with van der Waals surface area (Å²) in [6, 6.07) is 5.74. The van der Waals surface area contributed by atoms with Gasteiger partial charge >= 0.3 is 0 Å². The van der Waals surface area contributed by atoms with Crippen molar-refractivity contribution < 1.29 is 4.42 Å². The summed E-state index contributed by atoms with van der Waals surface area (Å²) >= 11 is 3.39. The van der Waals surface area contributed by atoms with Gasteiger partial charge in [0.1, 0.15) is 11.5 Å². The largest absolute Gasteiger partial charge is 0.465 e. The molecule has 0 saturated carbocycles. The van der Waals surface area contributed by atoms with E-state index in [9.17, 15) is 0 Å². The maximum Gasteiger partial charge on any atom is 0.121 e. The summed E-state index contributed by atoms with van der Waals surface area (Å²) in [4.78, 5) is 4.10. The molecule has 2 N–H and O–H groups in total.